The van der Waals surface area contributed by atoms with Crippen LogP contribution in [0.3, 0.4) is 0 Å². The minimum Gasteiger partial charge on any atom is -0.490 e. The summed E-state index contributed by atoms with van der Waals surface area (Å²) in [6.45, 7) is 5.21. The van der Waals surface area contributed by atoms with Crippen LogP contribution in [-0.4, -0.2) is 19.1 Å². The topological polar surface area (TPSA) is 62.6 Å². The van der Waals surface area contributed by atoms with E-state index in [-0.39, 0.29) is 11.5 Å². The Morgan fingerprint density at radius 3 is 2.65 bits per heavy atom. The molecule has 34 heavy (non-hydrogen) atoms. The van der Waals surface area contributed by atoms with E-state index >= 15 is 0 Å². The van der Waals surface area contributed by atoms with Crippen molar-refractivity contribution >= 4 is 29.3 Å². The van der Waals surface area contributed by atoms with E-state index in [0.29, 0.717) is 41.8 Å². The monoisotopic (exact) mass is 472 g/mol. The Hall–Kier alpha value is -3.75. The van der Waals surface area contributed by atoms with Gasteiger partial charge in [-0.15, -0.1) is 0 Å². The number of ether oxygens (including phenoxy) is 2. The molecule has 3 aromatic carbocycles. The molecule has 0 unspecified atom stereocenters. The number of aryl methyl sites for hydroxylation is 1. The van der Waals surface area contributed by atoms with Crippen LogP contribution in [0.4, 0.5) is 5.69 Å². The maximum absolute atomic E-state index is 13.1. The SMILES string of the molecule is CCOc1cc(C=C(C#N)C(=O)N2CCc3ccccc32)cc(Cl)c1OCc1ccc(C)cc1. The number of hydrogen-bond acceptors (Lipinski definition) is 4. The number of carbonyl (C=O) groups is 1. The van der Waals surface area contributed by atoms with Crippen LogP contribution in [0.1, 0.15) is 29.2 Å². The molecule has 0 fully saturated rings. The number of para-hydroxylation sites is 1. The molecule has 0 saturated heterocycles. The van der Waals surface area contributed by atoms with E-state index in [0.717, 1.165) is 23.2 Å². The third-order valence-corrected chi connectivity index (χ3v) is 5.91. The molecular weight excluding hydrogens is 448 g/mol. The van der Waals surface area contributed by atoms with Gasteiger partial charge in [0.05, 0.1) is 11.6 Å². The zero-order valence-corrected chi connectivity index (χ0v) is 19.9. The molecule has 4 rings (SSSR count). The highest BCUT2D eigenvalue weighted by Gasteiger charge is 2.26. The molecule has 1 aliphatic rings. The van der Waals surface area contributed by atoms with E-state index < -0.39 is 0 Å². The summed E-state index contributed by atoms with van der Waals surface area (Å²) in [4.78, 5) is 14.8. The molecule has 0 saturated carbocycles. The van der Waals surface area contributed by atoms with Crippen molar-refractivity contribution in [3.05, 3.63) is 93.5 Å². The number of hydrogen-bond donors (Lipinski definition) is 0. The van der Waals surface area contributed by atoms with Crippen molar-refractivity contribution in [2.75, 3.05) is 18.1 Å². The summed E-state index contributed by atoms with van der Waals surface area (Å²) in [7, 11) is 0. The number of benzene rings is 3. The van der Waals surface area contributed by atoms with Crippen LogP contribution in [0.15, 0.2) is 66.2 Å². The second-order valence-corrected chi connectivity index (χ2v) is 8.45. The van der Waals surface area contributed by atoms with Crippen LogP contribution < -0.4 is 14.4 Å². The van der Waals surface area contributed by atoms with Gasteiger partial charge in [0, 0.05) is 12.2 Å². The normalized spacial score (nSPS) is 12.8. The van der Waals surface area contributed by atoms with Crippen molar-refractivity contribution in [3.63, 3.8) is 0 Å². The summed E-state index contributed by atoms with van der Waals surface area (Å²) >= 11 is 6.55. The molecule has 3 aromatic rings. The molecule has 1 amide bonds. The van der Waals surface area contributed by atoms with Gasteiger partial charge in [-0.1, -0.05) is 59.6 Å². The van der Waals surface area contributed by atoms with Gasteiger partial charge in [0.25, 0.3) is 5.91 Å². The van der Waals surface area contributed by atoms with Gasteiger partial charge in [0.1, 0.15) is 18.2 Å². The van der Waals surface area contributed by atoms with Gasteiger partial charge >= 0.3 is 0 Å². The highest BCUT2D eigenvalue weighted by atomic mass is 35.5. The first kappa shape index (κ1) is 23.4. The van der Waals surface area contributed by atoms with E-state index in [2.05, 4.69) is 0 Å². The standard InChI is InChI=1S/C28H25ClN2O3/c1-3-33-26-16-21(15-24(29)27(26)34-18-20-10-8-19(2)9-11-20)14-23(17-30)28(32)31-13-12-22-6-4-5-7-25(22)31/h4-11,14-16H,3,12-13,18H2,1-2H3. The van der Waals surface area contributed by atoms with Gasteiger partial charge in [-0.05, 0) is 61.2 Å². The average Bonchev–Trinajstić information content (AvgIpc) is 3.27. The average molecular weight is 473 g/mol. The molecule has 0 aromatic heterocycles. The van der Waals surface area contributed by atoms with Crippen LogP contribution in [0, 0.1) is 18.3 Å². The zero-order valence-electron chi connectivity index (χ0n) is 19.2. The van der Waals surface area contributed by atoms with Gasteiger partial charge in [-0.3, -0.25) is 4.79 Å². The number of rotatable bonds is 7. The van der Waals surface area contributed by atoms with Crippen molar-refractivity contribution in [3.8, 4) is 17.6 Å². The van der Waals surface area contributed by atoms with Crippen LogP contribution in [0.2, 0.25) is 5.02 Å². The largest absolute Gasteiger partial charge is 0.490 e. The highest BCUT2D eigenvalue weighted by Crippen LogP contribution is 2.38. The third kappa shape index (κ3) is 5.08. The molecular formula is C28H25ClN2O3. The number of fused-ring (bicyclic) bond motifs is 1. The van der Waals surface area contributed by atoms with Crippen LogP contribution >= 0.6 is 11.6 Å². The molecule has 0 N–H and O–H groups in total. The zero-order chi connectivity index (χ0) is 24.1. The van der Waals surface area contributed by atoms with Crippen LogP contribution in [-0.2, 0) is 17.8 Å². The third-order valence-electron chi connectivity index (χ3n) is 5.63. The van der Waals surface area contributed by atoms with Crippen molar-refractivity contribution in [1.29, 1.82) is 5.26 Å². The minimum absolute atomic E-state index is 0.0311. The lowest BCUT2D eigenvalue weighted by molar-refractivity contribution is -0.114. The first-order valence-electron chi connectivity index (χ1n) is 11.2. The fraction of sp³-hybridized carbons (Fsp3) is 0.214. The first-order chi connectivity index (χ1) is 16.5. The number of halogens is 1. The Labute approximate surface area is 204 Å². The number of nitrogens with zero attached hydrogens (tertiary/aromatic N) is 2. The summed E-state index contributed by atoms with van der Waals surface area (Å²) in [6.07, 6.45) is 2.31. The summed E-state index contributed by atoms with van der Waals surface area (Å²) in [5, 5.41) is 10.1. The molecule has 0 bridgehead atoms. The van der Waals surface area contributed by atoms with E-state index in [1.807, 2.05) is 68.4 Å². The van der Waals surface area contributed by atoms with E-state index in [1.54, 1.807) is 23.1 Å². The Balaban J connectivity index is 1.60. The summed E-state index contributed by atoms with van der Waals surface area (Å²) in [6, 6.07) is 21.3. The molecule has 6 heteroatoms. The number of nitriles is 1. The van der Waals surface area contributed by atoms with Gasteiger partial charge in [0.2, 0.25) is 0 Å². The van der Waals surface area contributed by atoms with E-state index in [9.17, 15) is 10.1 Å². The van der Waals surface area contributed by atoms with Crippen LogP contribution in [0.25, 0.3) is 6.08 Å². The smallest absolute Gasteiger partial charge is 0.268 e. The fourth-order valence-corrected chi connectivity index (χ4v) is 4.19. The Bertz CT molecular complexity index is 1280. The lowest BCUT2D eigenvalue weighted by Gasteiger charge is -2.17. The van der Waals surface area contributed by atoms with Gasteiger partial charge in [-0.25, -0.2) is 0 Å². The second-order valence-electron chi connectivity index (χ2n) is 8.04. The predicted octanol–water partition coefficient (Wildman–Crippen LogP) is 6.12. The number of carbonyl (C=O) groups excluding carboxylic acids is 1. The van der Waals surface area contributed by atoms with Crippen molar-refractivity contribution in [2.45, 2.75) is 26.9 Å². The lowest BCUT2D eigenvalue weighted by Crippen LogP contribution is -2.29. The summed E-state index contributed by atoms with van der Waals surface area (Å²) < 4.78 is 11.8. The molecule has 1 heterocycles. The number of anilines is 1. The Morgan fingerprint density at radius 2 is 1.91 bits per heavy atom. The van der Waals surface area contributed by atoms with E-state index in [1.165, 1.54) is 5.56 Å². The van der Waals surface area contributed by atoms with Crippen LogP contribution in [0.5, 0.6) is 11.5 Å². The highest BCUT2D eigenvalue weighted by molar-refractivity contribution is 6.32. The quantitative estimate of drug-likeness (QED) is 0.307. The lowest BCUT2D eigenvalue weighted by atomic mass is 10.1. The molecule has 0 atom stereocenters. The maximum atomic E-state index is 13.1. The molecule has 1 aliphatic heterocycles. The van der Waals surface area contributed by atoms with Gasteiger partial charge in [0.15, 0.2) is 11.5 Å². The van der Waals surface area contributed by atoms with Crippen molar-refractivity contribution < 1.29 is 14.3 Å². The molecule has 5 nitrogen and oxygen atoms in total. The van der Waals surface area contributed by atoms with Crippen molar-refractivity contribution in [2.24, 2.45) is 0 Å². The van der Waals surface area contributed by atoms with E-state index in [4.69, 9.17) is 21.1 Å². The molecule has 0 radical (unpaired) electrons. The minimum atomic E-state index is -0.332. The summed E-state index contributed by atoms with van der Waals surface area (Å²) in [5.41, 5.74) is 4.76. The Morgan fingerprint density at radius 1 is 1.15 bits per heavy atom. The maximum Gasteiger partial charge on any atom is 0.268 e. The molecule has 172 valence electrons. The van der Waals surface area contributed by atoms with Gasteiger partial charge in [-0.2, -0.15) is 5.26 Å². The predicted molar refractivity (Wildman–Crippen MR) is 134 cm³/mol. The first-order valence-corrected chi connectivity index (χ1v) is 11.5. The van der Waals surface area contributed by atoms with Crippen molar-refractivity contribution in [1.82, 2.24) is 0 Å². The Kier molecular flexibility index (Phi) is 7.20. The summed E-state index contributed by atoms with van der Waals surface area (Å²) in [5.74, 6) is 0.561. The fourth-order valence-electron chi connectivity index (χ4n) is 3.92. The number of amides is 1. The molecule has 0 aliphatic carbocycles. The van der Waals surface area contributed by atoms with Gasteiger partial charge < -0.3 is 14.4 Å². The molecule has 0 spiro atoms. The second kappa shape index (κ2) is 10.5.